The van der Waals surface area contributed by atoms with Gasteiger partial charge in [0.15, 0.2) is 0 Å². The largest absolute Gasteiger partial charge is 1.00 e. The number of aliphatic imine (C=N–C) groups is 1. The first-order valence-electron chi connectivity index (χ1n) is 6.12. The lowest BCUT2D eigenvalue weighted by Crippen LogP contribution is -3.00. The van der Waals surface area contributed by atoms with Crippen LogP contribution in [-0.2, 0) is 0 Å². The summed E-state index contributed by atoms with van der Waals surface area (Å²) >= 11 is 0. The van der Waals surface area contributed by atoms with E-state index < -0.39 is 0 Å². The molecule has 1 aromatic carbocycles. The van der Waals surface area contributed by atoms with E-state index in [4.69, 9.17) is 4.99 Å². The summed E-state index contributed by atoms with van der Waals surface area (Å²) in [6.07, 6.45) is 2.62. The summed E-state index contributed by atoms with van der Waals surface area (Å²) in [5.74, 6) is 1.18. The molecule has 0 radical (unpaired) electrons. The second-order valence-electron chi connectivity index (χ2n) is 4.68. The van der Waals surface area contributed by atoms with Crippen molar-refractivity contribution in [1.82, 2.24) is 4.90 Å². The van der Waals surface area contributed by atoms with Crippen LogP contribution in [0.4, 0.5) is 5.69 Å². The third-order valence-corrected chi connectivity index (χ3v) is 3.49. The number of hydrogen-bond acceptors (Lipinski definition) is 2. The SMILES string of the molecule is CC1[NH2+]C(N2CCCC2)=Nc2ccccc21.[I-]. The van der Waals surface area contributed by atoms with Crippen molar-refractivity contribution in [3.8, 4) is 0 Å². The minimum atomic E-state index is 0. The molecule has 2 heterocycles. The molecule has 92 valence electrons. The van der Waals surface area contributed by atoms with Gasteiger partial charge in [-0.25, -0.2) is 0 Å². The minimum absolute atomic E-state index is 0. The summed E-state index contributed by atoms with van der Waals surface area (Å²) < 4.78 is 0. The van der Waals surface area contributed by atoms with Gasteiger partial charge >= 0.3 is 5.96 Å². The third kappa shape index (κ3) is 2.47. The third-order valence-electron chi connectivity index (χ3n) is 3.49. The predicted octanol–water partition coefficient (Wildman–Crippen LogP) is -1.59. The van der Waals surface area contributed by atoms with Crippen molar-refractivity contribution in [3.63, 3.8) is 0 Å². The second-order valence-corrected chi connectivity index (χ2v) is 4.68. The molecule has 1 atom stereocenters. The molecule has 1 aromatic rings. The van der Waals surface area contributed by atoms with Gasteiger partial charge < -0.3 is 28.9 Å². The van der Waals surface area contributed by atoms with Crippen molar-refractivity contribution >= 4 is 11.6 Å². The van der Waals surface area contributed by atoms with Gasteiger partial charge in [0.1, 0.15) is 6.04 Å². The number of nitrogens with two attached hydrogens (primary N) is 1. The Morgan fingerprint density at radius 3 is 2.71 bits per heavy atom. The first kappa shape index (κ1) is 12.8. The van der Waals surface area contributed by atoms with E-state index in [1.54, 1.807) is 0 Å². The van der Waals surface area contributed by atoms with Gasteiger partial charge in [-0.15, -0.1) is 0 Å². The quantitative estimate of drug-likeness (QED) is 0.567. The second kappa shape index (κ2) is 5.35. The number of fused-ring (bicyclic) bond motifs is 1. The summed E-state index contributed by atoms with van der Waals surface area (Å²) in [4.78, 5) is 7.17. The molecule has 17 heavy (non-hydrogen) atoms. The lowest BCUT2D eigenvalue weighted by atomic mass is 10.1. The molecule has 0 amide bonds. The Kier molecular flexibility index (Phi) is 4.04. The molecule has 1 saturated heterocycles. The van der Waals surface area contributed by atoms with Crippen LogP contribution in [0.2, 0.25) is 0 Å². The van der Waals surface area contributed by atoms with Crippen LogP contribution in [-0.4, -0.2) is 23.9 Å². The highest BCUT2D eigenvalue weighted by molar-refractivity contribution is 5.76. The molecule has 2 N–H and O–H groups in total. The standard InChI is InChI=1S/C13H17N3.HI/c1-10-11-6-2-3-7-12(11)15-13(14-10)16-8-4-5-9-16;/h2-3,6-7,10H,4-5,8-9H2,1H3,(H,14,15);1H. The molecule has 0 saturated carbocycles. The molecule has 0 bridgehead atoms. The summed E-state index contributed by atoms with van der Waals surface area (Å²) in [6, 6.07) is 8.96. The number of rotatable bonds is 0. The molecule has 1 fully saturated rings. The summed E-state index contributed by atoms with van der Waals surface area (Å²) in [5.41, 5.74) is 2.50. The molecule has 0 aromatic heterocycles. The molecule has 1 unspecified atom stereocenters. The molecule has 2 aliphatic rings. The Morgan fingerprint density at radius 2 is 1.94 bits per heavy atom. The topological polar surface area (TPSA) is 32.2 Å². The molecule has 0 aliphatic carbocycles. The fourth-order valence-corrected chi connectivity index (χ4v) is 2.57. The van der Waals surface area contributed by atoms with E-state index in [-0.39, 0.29) is 24.0 Å². The number of quaternary nitrogens is 1. The van der Waals surface area contributed by atoms with Crippen LogP contribution in [0.1, 0.15) is 31.4 Å². The highest BCUT2D eigenvalue weighted by Gasteiger charge is 2.27. The average molecular weight is 343 g/mol. The molecule has 0 spiro atoms. The number of benzene rings is 1. The maximum Gasteiger partial charge on any atom is 0.302 e. The fraction of sp³-hybridized carbons (Fsp3) is 0.462. The highest BCUT2D eigenvalue weighted by Crippen LogP contribution is 2.26. The van der Waals surface area contributed by atoms with Gasteiger partial charge in [0.2, 0.25) is 0 Å². The zero-order valence-electron chi connectivity index (χ0n) is 10.1. The number of guanidine groups is 1. The smallest absolute Gasteiger partial charge is 0.302 e. The van der Waals surface area contributed by atoms with E-state index in [1.807, 2.05) is 0 Å². The maximum absolute atomic E-state index is 4.76. The number of nitrogens with zero attached hydrogens (tertiary/aromatic N) is 2. The van der Waals surface area contributed by atoms with Crippen molar-refractivity contribution in [3.05, 3.63) is 29.8 Å². The zero-order chi connectivity index (χ0) is 11.0. The summed E-state index contributed by atoms with van der Waals surface area (Å²) in [6.45, 7) is 4.60. The Bertz CT molecular complexity index is 424. The highest BCUT2D eigenvalue weighted by atomic mass is 127. The zero-order valence-corrected chi connectivity index (χ0v) is 12.2. The monoisotopic (exact) mass is 343 g/mol. The normalized spacial score (nSPS) is 22.8. The number of likely N-dealkylation sites (tertiary alicyclic amines) is 1. The van der Waals surface area contributed by atoms with Gasteiger partial charge in [0.05, 0.1) is 5.69 Å². The molecule has 4 heteroatoms. The van der Waals surface area contributed by atoms with Crippen molar-refractivity contribution in [2.75, 3.05) is 13.1 Å². The molecule has 3 nitrogen and oxygen atoms in total. The van der Waals surface area contributed by atoms with Gasteiger partial charge in [0.25, 0.3) is 0 Å². The Balaban J connectivity index is 0.00000108. The number of para-hydroxylation sites is 1. The van der Waals surface area contributed by atoms with Crippen molar-refractivity contribution < 1.29 is 29.3 Å². The van der Waals surface area contributed by atoms with Crippen LogP contribution in [0.5, 0.6) is 0 Å². The Morgan fingerprint density at radius 1 is 1.24 bits per heavy atom. The van der Waals surface area contributed by atoms with Crippen LogP contribution in [0.3, 0.4) is 0 Å². The van der Waals surface area contributed by atoms with Gasteiger partial charge in [-0.2, -0.15) is 4.99 Å². The van der Waals surface area contributed by atoms with Gasteiger partial charge in [-0.1, -0.05) is 18.2 Å². The van der Waals surface area contributed by atoms with E-state index in [0.29, 0.717) is 6.04 Å². The van der Waals surface area contributed by atoms with Crippen molar-refractivity contribution in [2.24, 2.45) is 4.99 Å². The summed E-state index contributed by atoms with van der Waals surface area (Å²) in [5, 5.41) is 2.30. The van der Waals surface area contributed by atoms with E-state index in [1.165, 1.54) is 37.5 Å². The van der Waals surface area contributed by atoms with Crippen molar-refractivity contribution in [2.45, 2.75) is 25.8 Å². The number of halogens is 1. The molecular formula is C13H18IN3. The lowest BCUT2D eigenvalue weighted by Gasteiger charge is -2.24. The number of hydrogen-bond donors (Lipinski definition) is 1. The first-order chi connectivity index (χ1) is 7.84. The lowest BCUT2D eigenvalue weighted by molar-refractivity contribution is -0.593. The predicted molar refractivity (Wildman–Crippen MR) is 64.7 cm³/mol. The van der Waals surface area contributed by atoms with Gasteiger partial charge in [-0.3, -0.25) is 5.32 Å². The van der Waals surface area contributed by atoms with Crippen LogP contribution >= 0.6 is 0 Å². The van der Waals surface area contributed by atoms with Crippen LogP contribution in [0.25, 0.3) is 0 Å². The average Bonchev–Trinajstić information content (AvgIpc) is 2.82. The maximum atomic E-state index is 4.76. The molecule has 2 aliphatic heterocycles. The van der Waals surface area contributed by atoms with Gasteiger partial charge in [-0.05, 0) is 25.8 Å². The van der Waals surface area contributed by atoms with E-state index in [9.17, 15) is 0 Å². The van der Waals surface area contributed by atoms with E-state index in [2.05, 4.69) is 41.4 Å². The van der Waals surface area contributed by atoms with Gasteiger partial charge in [0, 0.05) is 18.7 Å². The van der Waals surface area contributed by atoms with E-state index >= 15 is 0 Å². The fourth-order valence-electron chi connectivity index (χ4n) is 2.57. The van der Waals surface area contributed by atoms with Crippen molar-refractivity contribution in [1.29, 1.82) is 0 Å². The Labute approximate surface area is 119 Å². The van der Waals surface area contributed by atoms with E-state index in [0.717, 1.165) is 5.69 Å². The van der Waals surface area contributed by atoms with Crippen LogP contribution in [0, 0.1) is 0 Å². The summed E-state index contributed by atoms with van der Waals surface area (Å²) in [7, 11) is 0. The first-order valence-corrected chi connectivity index (χ1v) is 6.12. The molecule has 3 rings (SSSR count). The van der Waals surface area contributed by atoms with Crippen LogP contribution < -0.4 is 29.3 Å². The van der Waals surface area contributed by atoms with Crippen LogP contribution in [0.15, 0.2) is 29.3 Å². The minimum Gasteiger partial charge on any atom is -1.00 e. The Hall–Kier alpha value is -0.620. The molecular weight excluding hydrogens is 325 g/mol.